The van der Waals surface area contributed by atoms with Crippen LogP contribution in [0.2, 0.25) is 0 Å². The summed E-state index contributed by atoms with van der Waals surface area (Å²) in [6, 6.07) is 4.51. The third-order valence-electron chi connectivity index (χ3n) is 4.72. The first-order valence-corrected chi connectivity index (χ1v) is 11.6. The number of nitrogens with two attached hydrogens (primary N) is 1. The van der Waals surface area contributed by atoms with E-state index in [4.69, 9.17) is 5.73 Å². The number of carbonyl (C=O) groups excluding carboxylic acids is 3. The van der Waals surface area contributed by atoms with Crippen molar-refractivity contribution in [3.8, 4) is 0 Å². The zero-order valence-electron chi connectivity index (χ0n) is 18.4. The molecule has 1 aromatic carbocycles. The summed E-state index contributed by atoms with van der Waals surface area (Å²) in [5, 5.41) is 26.4. The molecule has 7 N–H and O–H groups in total. The predicted molar refractivity (Wildman–Crippen MR) is 122 cm³/mol. The molecule has 10 nitrogen and oxygen atoms in total. The zero-order valence-corrected chi connectivity index (χ0v) is 19.2. The molecule has 11 heteroatoms. The molecular weight excluding hydrogens is 436 g/mol. The third kappa shape index (κ3) is 9.25. The van der Waals surface area contributed by atoms with Crippen molar-refractivity contribution >= 4 is 35.5 Å². The van der Waals surface area contributed by atoms with Crippen LogP contribution in [0.4, 0.5) is 0 Å². The number of rotatable bonds is 13. The summed E-state index contributed by atoms with van der Waals surface area (Å²) < 4.78 is 0. The van der Waals surface area contributed by atoms with Gasteiger partial charge in [-0.25, -0.2) is 4.79 Å². The van der Waals surface area contributed by atoms with Gasteiger partial charge in [0.25, 0.3) is 0 Å². The van der Waals surface area contributed by atoms with E-state index in [-0.39, 0.29) is 12.8 Å². The Labute approximate surface area is 191 Å². The lowest BCUT2D eigenvalue weighted by molar-refractivity contribution is -0.142. The van der Waals surface area contributed by atoms with E-state index < -0.39 is 54.0 Å². The van der Waals surface area contributed by atoms with Crippen molar-refractivity contribution < 1.29 is 29.4 Å². The lowest BCUT2D eigenvalue weighted by Gasteiger charge is -2.24. The summed E-state index contributed by atoms with van der Waals surface area (Å²) in [6.07, 6.45) is 1.11. The van der Waals surface area contributed by atoms with Crippen molar-refractivity contribution in [3.63, 3.8) is 0 Å². The summed E-state index contributed by atoms with van der Waals surface area (Å²) in [5.74, 6) is -2.61. The molecule has 0 bridgehead atoms. The average molecular weight is 469 g/mol. The minimum Gasteiger partial charge on any atom is -0.480 e. The number of benzene rings is 1. The highest BCUT2D eigenvalue weighted by Crippen LogP contribution is 2.06. The maximum atomic E-state index is 12.8. The van der Waals surface area contributed by atoms with Crippen molar-refractivity contribution in [3.05, 3.63) is 35.9 Å². The molecule has 3 amide bonds. The smallest absolute Gasteiger partial charge is 0.326 e. The quantitative estimate of drug-likeness (QED) is 0.219. The number of aliphatic hydroxyl groups excluding tert-OH is 1. The summed E-state index contributed by atoms with van der Waals surface area (Å²) in [5.41, 5.74) is 6.30. The van der Waals surface area contributed by atoms with Gasteiger partial charge in [0.2, 0.25) is 17.7 Å². The molecule has 0 aliphatic rings. The topological polar surface area (TPSA) is 171 Å². The second-order valence-electron chi connectivity index (χ2n) is 7.43. The maximum Gasteiger partial charge on any atom is 0.326 e. The normalized spacial score (nSPS) is 15.5. The Kier molecular flexibility index (Phi) is 11.7. The standard InChI is InChI=1S/C21H32N4O6S/c1-12(23-20(29)17(22)13(2)26)18(27)24-15(9-10-32-3)19(28)25-16(21(30)31)11-14-7-5-4-6-8-14/h4-8,12-13,15-17,26H,9-11,22H2,1-3H3,(H,23,29)(H,24,27)(H,25,28)(H,30,31). The Hall–Kier alpha value is -2.63. The Morgan fingerprint density at radius 3 is 2.09 bits per heavy atom. The number of hydrogen-bond donors (Lipinski definition) is 6. The highest BCUT2D eigenvalue weighted by molar-refractivity contribution is 7.98. The van der Waals surface area contributed by atoms with Crippen LogP contribution < -0.4 is 21.7 Å². The van der Waals surface area contributed by atoms with Gasteiger partial charge in [0, 0.05) is 6.42 Å². The van der Waals surface area contributed by atoms with Gasteiger partial charge in [-0.15, -0.1) is 0 Å². The van der Waals surface area contributed by atoms with Crippen LogP contribution in [0.5, 0.6) is 0 Å². The van der Waals surface area contributed by atoms with Gasteiger partial charge < -0.3 is 31.9 Å². The van der Waals surface area contributed by atoms with Gasteiger partial charge in [-0.1, -0.05) is 30.3 Å². The molecule has 0 fully saturated rings. The van der Waals surface area contributed by atoms with Gasteiger partial charge in [0.15, 0.2) is 0 Å². The summed E-state index contributed by atoms with van der Waals surface area (Å²) in [6.45, 7) is 2.77. The average Bonchev–Trinajstić information content (AvgIpc) is 2.75. The number of hydrogen-bond acceptors (Lipinski definition) is 7. The predicted octanol–water partition coefficient (Wildman–Crippen LogP) is -0.751. The first kappa shape index (κ1) is 27.4. The van der Waals surface area contributed by atoms with Gasteiger partial charge in [-0.2, -0.15) is 11.8 Å². The molecule has 0 aliphatic carbocycles. The van der Waals surface area contributed by atoms with Gasteiger partial charge in [-0.05, 0) is 37.8 Å². The number of nitrogens with one attached hydrogen (secondary N) is 3. The van der Waals surface area contributed by atoms with Crippen LogP contribution in [0.1, 0.15) is 25.8 Å². The summed E-state index contributed by atoms with van der Waals surface area (Å²) in [4.78, 5) is 48.9. The van der Waals surface area contributed by atoms with Crippen LogP contribution in [0, 0.1) is 0 Å². The zero-order chi connectivity index (χ0) is 24.3. The van der Waals surface area contributed by atoms with Crippen LogP contribution in [0.15, 0.2) is 30.3 Å². The molecule has 0 aliphatic heterocycles. The number of aliphatic carboxylic acids is 1. The molecule has 0 radical (unpaired) electrons. The Morgan fingerprint density at radius 2 is 1.56 bits per heavy atom. The summed E-state index contributed by atoms with van der Waals surface area (Å²) >= 11 is 1.47. The van der Waals surface area contributed by atoms with E-state index in [9.17, 15) is 29.4 Å². The fourth-order valence-corrected chi connectivity index (χ4v) is 3.19. The van der Waals surface area contributed by atoms with E-state index in [1.165, 1.54) is 25.6 Å². The van der Waals surface area contributed by atoms with E-state index in [0.717, 1.165) is 5.56 Å². The SMILES string of the molecule is CSCCC(NC(=O)C(C)NC(=O)C(N)C(C)O)C(=O)NC(Cc1ccccc1)C(=O)O. The van der Waals surface area contributed by atoms with E-state index in [1.807, 2.05) is 6.26 Å². The van der Waals surface area contributed by atoms with Crippen molar-refractivity contribution in [1.82, 2.24) is 16.0 Å². The highest BCUT2D eigenvalue weighted by atomic mass is 32.2. The van der Waals surface area contributed by atoms with E-state index in [1.54, 1.807) is 30.3 Å². The number of carbonyl (C=O) groups is 4. The molecule has 0 heterocycles. The lowest BCUT2D eigenvalue weighted by Crippen LogP contribution is -2.57. The van der Waals surface area contributed by atoms with Crippen molar-refractivity contribution in [1.29, 1.82) is 0 Å². The molecule has 1 rings (SSSR count). The van der Waals surface area contributed by atoms with Crippen LogP contribution in [0.3, 0.4) is 0 Å². The Bertz CT molecular complexity index is 777. The van der Waals surface area contributed by atoms with Crippen LogP contribution in [-0.4, -0.2) is 76.2 Å². The van der Waals surface area contributed by atoms with E-state index >= 15 is 0 Å². The van der Waals surface area contributed by atoms with Gasteiger partial charge in [-0.3, -0.25) is 14.4 Å². The van der Waals surface area contributed by atoms with E-state index in [2.05, 4.69) is 16.0 Å². The number of amides is 3. The fraction of sp³-hybridized carbons (Fsp3) is 0.524. The molecular formula is C21H32N4O6S. The largest absolute Gasteiger partial charge is 0.480 e. The molecule has 0 saturated carbocycles. The molecule has 5 atom stereocenters. The molecule has 178 valence electrons. The summed E-state index contributed by atoms with van der Waals surface area (Å²) in [7, 11) is 0. The van der Waals surface area contributed by atoms with Crippen LogP contribution in [0.25, 0.3) is 0 Å². The number of aliphatic hydroxyl groups is 1. The second kappa shape index (κ2) is 13.7. The van der Waals surface area contributed by atoms with Gasteiger partial charge in [0.05, 0.1) is 6.10 Å². The van der Waals surface area contributed by atoms with Crippen LogP contribution >= 0.6 is 11.8 Å². The molecule has 1 aromatic rings. The number of carboxylic acids is 1. The molecule has 32 heavy (non-hydrogen) atoms. The first-order chi connectivity index (χ1) is 15.1. The van der Waals surface area contributed by atoms with Crippen molar-refractivity contribution in [2.24, 2.45) is 5.73 Å². The minimum atomic E-state index is -1.20. The Balaban J connectivity index is 2.82. The third-order valence-corrected chi connectivity index (χ3v) is 5.36. The second-order valence-corrected chi connectivity index (χ2v) is 8.41. The maximum absolute atomic E-state index is 12.8. The van der Waals surface area contributed by atoms with Crippen LogP contribution in [-0.2, 0) is 25.6 Å². The molecule has 0 saturated heterocycles. The highest BCUT2D eigenvalue weighted by Gasteiger charge is 2.29. The molecule has 0 spiro atoms. The van der Waals surface area contributed by atoms with Gasteiger partial charge in [0.1, 0.15) is 24.2 Å². The van der Waals surface area contributed by atoms with Gasteiger partial charge >= 0.3 is 5.97 Å². The minimum absolute atomic E-state index is 0.0921. The number of thioether (sulfide) groups is 1. The van der Waals surface area contributed by atoms with Crippen molar-refractivity contribution in [2.75, 3.05) is 12.0 Å². The molecule has 0 aromatic heterocycles. The fourth-order valence-electron chi connectivity index (χ4n) is 2.72. The van der Waals surface area contributed by atoms with E-state index in [0.29, 0.717) is 5.75 Å². The number of carboxylic acid groups (broad SMARTS) is 1. The molecule has 5 unspecified atom stereocenters. The Morgan fingerprint density at radius 1 is 0.969 bits per heavy atom. The lowest BCUT2D eigenvalue weighted by atomic mass is 10.1. The first-order valence-electron chi connectivity index (χ1n) is 10.2. The van der Waals surface area contributed by atoms with Crippen molar-refractivity contribution in [2.45, 2.75) is 57.0 Å². The monoisotopic (exact) mass is 468 g/mol.